The van der Waals surface area contributed by atoms with Crippen molar-refractivity contribution in [1.82, 2.24) is 9.97 Å². The summed E-state index contributed by atoms with van der Waals surface area (Å²) in [6.07, 6.45) is 1.86. The molecule has 0 spiro atoms. The minimum absolute atomic E-state index is 0.244. The summed E-state index contributed by atoms with van der Waals surface area (Å²) in [6.45, 7) is 1.94. The number of aromatic amines is 1. The fraction of sp³-hybridized carbons (Fsp3) is 0.0741. The average molecular weight is 450 g/mol. The Morgan fingerprint density at radius 1 is 0.971 bits per heavy atom. The van der Waals surface area contributed by atoms with Gasteiger partial charge in [-0.05, 0) is 48.9 Å². The number of hydrogen-bond acceptors (Lipinski definition) is 5. The number of amides is 1. The number of nitrogens with zero attached hydrogens (tertiary/aromatic N) is 1. The Morgan fingerprint density at radius 2 is 1.74 bits per heavy atom. The zero-order chi connectivity index (χ0) is 23.7. The molecule has 1 amide bonds. The topological polar surface area (TPSA) is 96.1 Å². The van der Waals surface area contributed by atoms with E-state index in [9.17, 15) is 9.59 Å². The van der Waals surface area contributed by atoms with E-state index in [4.69, 9.17) is 4.74 Å². The molecule has 0 saturated heterocycles. The Balaban J connectivity index is 1.57. The van der Waals surface area contributed by atoms with E-state index in [-0.39, 0.29) is 5.91 Å². The summed E-state index contributed by atoms with van der Waals surface area (Å²) in [5, 5.41) is 6.32. The van der Waals surface area contributed by atoms with E-state index >= 15 is 0 Å². The van der Waals surface area contributed by atoms with Crippen LogP contribution in [0.15, 0.2) is 79.0 Å². The number of rotatable bonds is 5. The quantitative estimate of drug-likeness (QED) is 0.290. The van der Waals surface area contributed by atoms with Gasteiger partial charge in [0.2, 0.25) is 0 Å². The minimum Gasteiger partial charge on any atom is -0.465 e. The Morgan fingerprint density at radius 3 is 2.41 bits per heavy atom. The van der Waals surface area contributed by atoms with Gasteiger partial charge in [-0.15, -0.1) is 0 Å². The van der Waals surface area contributed by atoms with E-state index < -0.39 is 5.97 Å². The van der Waals surface area contributed by atoms with Gasteiger partial charge in [-0.1, -0.05) is 36.4 Å². The molecule has 1 aliphatic heterocycles. The molecule has 1 aliphatic rings. The smallest absolute Gasteiger partial charge is 0.337 e. The lowest BCUT2D eigenvalue weighted by molar-refractivity contribution is -0.110. The van der Waals surface area contributed by atoms with E-state index in [2.05, 4.69) is 20.6 Å². The standard InChI is InChI=1S/C27H22N4O3/c1-16-15-28-25(29-16)18-8-11-20(12-9-18)30-24(17-6-4-3-5-7-17)23-21-13-10-19(27(33)34-2)14-22(21)31-26(23)32/h3-15,30H,1-2H3,(H,28,29)(H,31,32)/b24-23-. The van der Waals surface area contributed by atoms with Gasteiger partial charge >= 0.3 is 5.97 Å². The molecule has 0 radical (unpaired) electrons. The average Bonchev–Trinajstić information content (AvgIpc) is 3.44. The molecule has 0 saturated carbocycles. The van der Waals surface area contributed by atoms with E-state index in [1.54, 1.807) is 18.2 Å². The second kappa shape index (κ2) is 8.71. The summed E-state index contributed by atoms with van der Waals surface area (Å²) in [5.74, 6) is 0.102. The number of ether oxygens (including phenoxy) is 1. The van der Waals surface area contributed by atoms with Crippen LogP contribution < -0.4 is 10.6 Å². The summed E-state index contributed by atoms with van der Waals surface area (Å²) in [5.41, 5.74) is 6.41. The third-order valence-corrected chi connectivity index (χ3v) is 5.63. The van der Waals surface area contributed by atoms with Crippen LogP contribution in [0.3, 0.4) is 0 Å². The van der Waals surface area contributed by atoms with Crippen molar-refractivity contribution in [3.05, 3.63) is 101 Å². The van der Waals surface area contributed by atoms with Crippen molar-refractivity contribution in [3.63, 3.8) is 0 Å². The zero-order valence-corrected chi connectivity index (χ0v) is 18.7. The highest BCUT2D eigenvalue weighted by molar-refractivity contribution is 6.37. The van der Waals surface area contributed by atoms with E-state index in [0.29, 0.717) is 28.1 Å². The largest absolute Gasteiger partial charge is 0.465 e. The molecule has 4 aromatic rings. The van der Waals surface area contributed by atoms with Gasteiger partial charge in [0, 0.05) is 23.0 Å². The van der Waals surface area contributed by atoms with Gasteiger partial charge in [0.15, 0.2) is 0 Å². The Labute approximate surface area is 196 Å². The molecule has 3 N–H and O–H groups in total. The summed E-state index contributed by atoms with van der Waals surface area (Å²) in [6, 6.07) is 22.6. The van der Waals surface area contributed by atoms with E-state index in [0.717, 1.165) is 28.3 Å². The van der Waals surface area contributed by atoms with Crippen LogP contribution >= 0.6 is 0 Å². The number of aryl methyl sites for hydroxylation is 1. The highest BCUT2D eigenvalue weighted by Crippen LogP contribution is 2.38. The van der Waals surface area contributed by atoms with Gasteiger partial charge in [0.25, 0.3) is 5.91 Å². The first kappa shape index (κ1) is 21.2. The fourth-order valence-corrected chi connectivity index (χ4v) is 3.97. The maximum absolute atomic E-state index is 13.1. The number of fused-ring (bicyclic) bond motifs is 1. The van der Waals surface area contributed by atoms with Crippen LogP contribution in [0.5, 0.6) is 0 Å². The van der Waals surface area contributed by atoms with E-state index in [1.807, 2.05) is 67.7 Å². The van der Waals surface area contributed by atoms with Crippen LogP contribution in [-0.2, 0) is 9.53 Å². The molecule has 7 nitrogen and oxygen atoms in total. The van der Waals surface area contributed by atoms with Gasteiger partial charge in [-0.25, -0.2) is 9.78 Å². The lowest BCUT2D eigenvalue weighted by Gasteiger charge is -2.15. The lowest BCUT2D eigenvalue weighted by atomic mass is 9.99. The maximum Gasteiger partial charge on any atom is 0.337 e. The second-order valence-corrected chi connectivity index (χ2v) is 7.91. The first-order chi connectivity index (χ1) is 16.5. The van der Waals surface area contributed by atoms with Gasteiger partial charge in [0.1, 0.15) is 5.82 Å². The number of nitrogens with one attached hydrogen (secondary N) is 3. The summed E-state index contributed by atoms with van der Waals surface area (Å²) < 4.78 is 4.81. The monoisotopic (exact) mass is 450 g/mol. The third kappa shape index (κ3) is 3.95. The number of imidazole rings is 1. The number of benzene rings is 3. The molecular weight excluding hydrogens is 428 g/mol. The van der Waals surface area contributed by atoms with Gasteiger partial charge in [-0.3, -0.25) is 4.79 Å². The first-order valence-corrected chi connectivity index (χ1v) is 10.8. The van der Waals surface area contributed by atoms with Gasteiger partial charge in [-0.2, -0.15) is 0 Å². The van der Waals surface area contributed by atoms with Crippen LogP contribution in [0.4, 0.5) is 11.4 Å². The van der Waals surface area contributed by atoms with Crippen LogP contribution in [-0.4, -0.2) is 29.0 Å². The molecular formula is C27H22N4O3. The Hall–Kier alpha value is -4.65. The molecule has 3 aromatic carbocycles. The van der Waals surface area contributed by atoms with Crippen molar-refractivity contribution in [2.45, 2.75) is 6.92 Å². The lowest BCUT2D eigenvalue weighted by Crippen LogP contribution is -2.10. The number of hydrogen-bond donors (Lipinski definition) is 3. The number of methoxy groups -OCH3 is 1. The van der Waals surface area contributed by atoms with Gasteiger partial charge in [0.05, 0.1) is 35.3 Å². The zero-order valence-electron chi connectivity index (χ0n) is 18.7. The molecule has 2 heterocycles. The molecule has 0 bridgehead atoms. The molecule has 0 unspecified atom stereocenters. The molecule has 7 heteroatoms. The van der Waals surface area contributed by atoms with Crippen molar-refractivity contribution in [1.29, 1.82) is 0 Å². The SMILES string of the molecule is COC(=O)c1ccc2c(c1)NC(=O)/C2=C(\Nc1ccc(-c2nc(C)c[nH]2)cc1)c1ccccc1. The van der Waals surface area contributed by atoms with Crippen LogP contribution in [0.25, 0.3) is 22.7 Å². The number of esters is 1. The fourth-order valence-electron chi connectivity index (χ4n) is 3.97. The Kier molecular flexibility index (Phi) is 5.43. The maximum atomic E-state index is 13.1. The van der Waals surface area contributed by atoms with Crippen LogP contribution in [0.2, 0.25) is 0 Å². The summed E-state index contributed by atoms with van der Waals surface area (Å²) >= 11 is 0. The van der Waals surface area contributed by atoms with Crippen molar-refractivity contribution < 1.29 is 14.3 Å². The Bertz CT molecular complexity index is 1420. The minimum atomic E-state index is -0.456. The molecule has 0 atom stereocenters. The van der Waals surface area contributed by atoms with Crippen molar-refractivity contribution >= 4 is 34.5 Å². The molecule has 168 valence electrons. The molecule has 5 rings (SSSR count). The molecule has 0 aliphatic carbocycles. The number of H-pyrrole nitrogens is 1. The van der Waals surface area contributed by atoms with Crippen molar-refractivity contribution in [3.8, 4) is 11.4 Å². The van der Waals surface area contributed by atoms with Crippen LogP contribution in [0.1, 0.15) is 27.2 Å². The van der Waals surface area contributed by atoms with E-state index in [1.165, 1.54) is 7.11 Å². The number of carbonyl (C=O) groups is 2. The number of carbonyl (C=O) groups excluding carboxylic acids is 2. The third-order valence-electron chi connectivity index (χ3n) is 5.63. The van der Waals surface area contributed by atoms with Crippen molar-refractivity contribution in [2.75, 3.05) is 17.7 Å². The second-order valence-electron chi connectivity index (χ2n) is 7.91. The van der Waals surface area contributed by atoms with Crippen molar-refractivity contribution in [2.24, 2.45) is 0 Å². The van der Waals surface area contributed by atoms with Crippen LogP contribution in [0, 0.1) is 6.92 Å². The number of anilines is 2. The molecule has 0 fully saturated rings. The predicted octanol–water partition coefficient (Wildman–Crippen LogP) is 5.10. The number of aromatic nitrogens is 2. The normalized spacial score (nSPS) is 13.8. The first-order valence-electron chi connectivity index (χ1n) is 10.8. The highest BCUT2D eigenvalue weighted by Gasteiger charge is 2.29. The van der Waals surface area contributed by atoms with Gasteiger partial charge < -0.3 is 20.4 Å². The molecule has 1 aromatic heterocycles. The highest BCUT2D eigenvalue weighted by atomic mass is 16.5. The summed E-state index contributed by atoms with van der Waals surface area (Å²) in [4.78, 5) is 32.7. The molecule has 34 heavy (non-hydrogen) atoms. The predicted molar refractivity (Wildman–Crippen MR) is 132 cm³/mol. The summed E-state index contributed by atoms with van der Waals surface area (Å²) in [7, 11) is 1.33.